The maximum Gasteiger partial charge on any atom is 0.326 e. The van der Waals surface area contributed by atoms with E-state index in [1.807, 2.05) is 30.3 Å². The molecule has 0 aliphatic carbocycles. The van der Waals surface area contributed by atoms with Crippen LogP contribution in [0.5, 0.6) is 0 Å². The van der Waals surface area contributed by atoms with E-state index in [2.05, 4.69) is 29.5 Å². The first-order chi connectivity index (χ1) is 11.5. The highest BCUT2D eigenvalue weighted by Crippen LogP contribution is 2.06. The molecule has 0 radical (unpaired) electrons. The van der Waals surface area contributed by atoms with Crippen LogP contribution in [0.25, 0.3) is 0 Å². The fourth-order valence-electron chi connectivity index (χ4n) is 2.18. The second-order valence-corrected chi connectivity index (χ2v) is 6.10. The second-order valence-electron chi connectivity index (χ2n) is 6.10. The van der Waals surface area contributed by atoms with Crippen LogP contribution in [0.2, 0.25) is 0 Å². The first-order valence-electron chi connectivity index (χ1n) is 7.93. The Balaban J connectivity index is 1.99. The molecule has 1 atom stereocenters. The van der Waals surface area contributed by atoms with E-state index in [4.69, 9.17) is 0 Å². The van der Waals surface area contributed by atoms with Gasteiger partial charge in [0.15, 0.2) is 5.69 Å². The fraction of sp³-hybridized carbons (Fsp3) is 0.412. The zero-order chi connectivity index (χ0) is 17.5. The molecular weight excluding hydrogens is 308 g/mol. The lowest BCUT2D eigenvalue weighted by Gasteiger charge is -2.13. The van der Waals surface area contributed by atoms with Gasteiger partial charge in [0, 0.05) is 13.0 Å². The summed E-state index contributed by atoms with van der Waals surface area (Å²) in [4.78, 5) is 23.6. The van der Waals surface area contributed by atoms with Crippen LogP contribution in [0, 0.1) is 5.92 Å². The molecule has 0 saturated heterocycles. The third kappa shape index (κ3) is 5.19. The number of hydrogen-bond acceptors (Lipinski definition) is 4. The molecule has 24 heavy (non-hydrogen) atoms. The fourth-order valence-corrected chi connectivity index (χ4v) is 2.18. The molecule has 0 bridgehead atoms. The lowest BCUT2D eigenvalue weighted by molar-refractivity contribution is -0.139. The normalized spacial score (nSPS) is 12.1. The Kier molecular flexibility index (Phi) is 6.06. The summed E-state index contributed by atoms with van der Waals surface area (Å²) in [6.45, 7) is 4.88. The van der Waals surface area contributed by atoms with Crippen molar-refractivity contribution in [3.8, 4) is 0 Å². The quantitative estimate of drug-likeness (QED) is 0.768. The van der Waals surface area contributed by atoms with Crippen molar-refractivity contribution in [3.63, 3.8) is 0 Å². The van der Waals surface area contributed by atoms with Crippen LogP contribution in [-0.4, -0.2) is 38.0 Å². The first-order valence-corrected chi connectivity index (χ1v) is 7.93. The number of carboxylic acids is 1. The van der Waals surface area contributed by atoms with Crippen molar-refractivity contribution in [1.82, 2.24) is 20.3 Å². The van der Waals surface area contributed by atoms with Crippen molar-refractivity contribution in [2.24, 2.45) is 5.92 Å². The molecule has 1 amide bonds. The van der Waals surface area contributed by atoms with E-state index in [1.165, 1.54) is 0 Å². The largest absolute Gasteiger partial charge is 0.480 e. The van der Waals surface area contributed by atoms with Gasteiger partial charge in [0.1, 0.15) is 6.04 Å². The van der Waals surface area contributed by atoms with Gasteiger partial charge in [-0.1, -0.05) is 49.4 Å². The van der Waals surface area contributed by atoms with Crippen LogP contribution in [-0.2, 0) is 17.8 Å². The maximum atomic E-state index is 12.2. The molecule has 2 aromatic rings. The molecule has 0 aliphatic heterocycles. The summed E-state index contributed by atoms with van der Waals surface area (Å²) in [5.41, 5.74) is 0.962. The summed E-state index contributed by atoms with van der Waals surface area (Å²) >= 11 is 0. The molecule has 128 valence electrons. The van der Waals surface area contributed by atoms with Crippen molar-refractivity contribution in [1.29, 1.82) is 0 Å². The Morgan fingerprint density at radius 1 is 1.25 bits per heavy atom. The molecule has 0 fully saturated rings. The molecule has 0 saturated carbocycles. The minimum atomic E-state index is -1.08. The SMILES string of the molecule is CC(C)CCn1cc(C(=O)N[C@@H](Cc2ccccc2)C(=O)O)nn1. The predicted molar refractivity (Wildman–Crippen MR) is 88.5 cm³/mol. The second kappa shape index (κ2) is 8.24. The van der Waals surface area contributed by atoms with Crippen LogP contribution in [0.3, 0.4) is 0 Å². The summed E-state index contributed by atoms with van der Waals surface area (Å²) in [6, 6.07) is 8.15. The van der Waals surface area contributed by atoms with Crippen molar-refractivity contribution in [2.45, 2.75) is 39.3 Å². The van der Waals surface area contributed by atoms with Gasteiger partial charge in [-0.25, -0.2) is 4.79 Å². The highest BCUT2D eigenvalue weighted by atomic mass is 16.4. The Bertz CT molecular complexity index is 682. The van der Waals surface area contributed by atoms with Crippen molar-refractivity contribution in [3.05, 3.63) is 47.8 Å². The van der Waals surface area contributed by atoms with Crippen LogP contribution >= 0.6 is 0 Å². The molecule has 1 aromatic heterocycles. The number of benzene rings is 1. The summed E-state index contributed by atoms with van der Waals surface area (Å²) in [5, 5.41) is 19.6. The zero-order valence-corrected chi connectivity index (χ0v) is 13.8. The Hall–Kier alpha value is -2.70. The third-order valence-electron chi connectivity index (χ3n) is 3.59. The standard InChI is InChI=1S/C17H22N4O3/c1-12(2)8-9-21-11-15(19-20-21)16(22)18-14(17(23)24)10-13-6-4-3-5-7-13/h3-7,11-12,14H,8-10H2,1-2H3,(H,18,22)(H,23,24)/t14-/m0/s1. The van der Waals surface area contributed by atoms with Crippen LogP contribution in [0.1, 0.15) is 36.3 Å². The number of hydrogen-bond donors (Lipinski definition) is 2. The van der Waals surface area contributed by atoms with Gasteiger partial charge in [0.25, 0.3) is 5.91 Å². The number of nitrogens with zero attached hydrogens (tertiary/aromatic N) is 3. The topological polar surface area (TPSA) is 97.1 Å². The van der Waals surface area contributed by atoms with Crippen LogP contribution in [0.15, 0.2) is 36.5 Å². The molecule has 7 nitrogen and oxygen atoms in total. The number of carboxylic acid groups (broad SMARTS) is 1. The van der Waals surface area contributed by atoms with E-state index in [9.17, 15) is 14.7 Å². The van der Waals surface area contributed by atoms with Crippen molar-refractivity contribution < 1.29 is 14.7 Å². The Morgan fingerprint density at radius 3 is 2.58 bits per heavy atom. The smallest absolute Gasteiger partial charge is 0.326 e. The van der Waals surface area contributed by atoms with Gasteiger partial charge in [0.05, 0.1) is 6.20 Å². The lowest BCUT2D eigenvalue weighted by atomic mass is 10.1. The average Bonchev–Trinajstić information content (AvgIpc) is 3.02. The van der Waals surface area contributed by atoms with Gasteiger partial charge in [-0.3, -0.25) is 9.48 Å². The summed E-state index contributed by atoms with van der Waals surface area (Å²) in [7, 11) is 0. The highest BCUT2D eigenvalue weighted by Gasteiger charge is 2.22. The number of rotatable bonds is 8. The molecular formula is C17H22N4O3. The number of aliphatic carboxylic acids is 1. The minimum absolute atomic E-state index is 0.123. The molecule has 1 heterocycles. The van der Waals surface area contributed by atoms with Crippen molar-refractivity contribution in [2.75, 3.05) is 0 Å². The predicted octanol–water partition coefficient (Wildman–Crippen LogP) is 1.75. The van der Waals surface area contributed by atoms with Crippen LogP contribution in [0.4, 0.5) is 0 Å². The summed E-state index contributed by atoms with van der Waals surface area (Å²) < 4.78 is 1.60. The maximum absolute atomic E-state index is 12.2. The monoisotopic (exact) mass is 330 g/mol. The van der Waals surface area contributed by atoms with Gasteiger partial charge in [-0.15, -0.1) is 5.10 Å². The minimum Gasteiger partial charge on any atom is -0.480 e. The molecule has 0 unspecified atom stereocenters. The molecule has 0 spiro atoms. The summed E-state index contributed by atoms with van der Waals surface area (Å²) in [5.74, 6) is -1.10. The Labute approximate surface area is 140 Å². The van der Waals surface area contributed by atoms with E-state index in [-0.39, 0.29) is 12.1 Å². The number of aryl methyl sites for hydroxylation is 1. The van der Waals surface area contributed by atoms with E-state index in [1.54, 1.807) is 10.9 Å². The molecule has 7 heteroatoms. The lowest BCUT2D eigenvalue weighted by Crippen LogP contribution is -2.42. The van der Waals surface area contributed by atoms with E-state index >= 15 is 0 Å². The Morgan fingerprint density at radius 2 is 1.96 bits per heavy atom. The van der Waals surface area contributed by atoms with Gasteiger partial charge < -0.3 is 10.4 Å². The number of amides is 1. The van der Waals surface area contributed by atoms with E-state index in [0.29, 0.717) is 12.5 Å². The summed E-state index contributed by atoms with van der Waals surface area (Å²) in [6.07, 6.45) is 2.68. The number of nitrogens with one attached hydrogen (secondary N) is 1. The highest BCUT2D eigenvalue weighted by molar-refractivity contribution is 5.94. The zero-order valence-electron chi connectivity index (χ0n) is 13.8. The van der Waals surface area contributed by atoms with Gasteiger partial charge in [-0.2, -0.15) is 0 Å². The van der Waals surface area contributed by atoms with Crippen molar-refractivity contribution >= 4 is 11.9 Å². The van der Waals surface area contributed by atoms with Gasteiger partial charge in [0.2, 0.25) is 0 Å². The number of aromatic nitrogens is 3. The number of carbonyl (C=O) groups is 2. The van der Waals surface area contributed by atoms with E-state index in [0.717, 1.165) is 12.0 Å². The average molecular weight is 330 g/mol. The van der Waals surface area contributed by atoms with Gasteiger partial charge >= 0.3 is 5.97 Å². The number of carbonyl (C=O) groups excluding carboxylic acids is 1. The van der Waals surface area contributed by atoms with Gasteiger partial charge in [-0.05, 0) is 17.9 Å². The van der Waals surface area contributed by atoms with E-state index < -0.39 is 17.9 Å². The third-order valence-corrected chi connectivity index (χ3v) is 3.59. The molecule has 0 aliphatic rings. The molecule has 2 rings (SSSR count). The molecule has 1 aromatic carbocycles. The van der Waals surface area contributed by atoms with Crippen LogP contribution < -0.4 is 5.32 Å². The first kappa shape index (κ1) is 17.7. The molecule has 2 N–H and O–H groups in total.